The van der Waals surface area contributed by atoms with Crippen molar-refractivity contribution in [3.63, 3.8) is 0 Å². The fourth-order valence-corrected chi connectivity index (χ4v) is 0.434. The van der Waals surface area contributed by atoms with Gasteiger partial charge < -0.3 is 9.57 Å². The Morgan fingerprint density at radius 2 is 2.00 bits per heavy atom. The Morgan fingerprint density at radius 1 is 1.36 bits per heavy atom. The van der Waals surface area contributed by atoms with Crippen molar-refractivity contribution < 1.29 is 14.4 Å². The molecule has 0 aliphatic carbocycles. The van der Waals surface area contributed by atoms with Crippen molar-refractivity contribution in [1.82, 2.24) is 0 Å². The molecule has 64 valence electrons. The van der Waals surface area contributed by atoms with Crippen LogP contribution in [0.3, 0.4) is 0 Å². The van der Waals surface area contributed by atoms with E-state index >= 15 is 0 Å². The Kier molecular flexibility index (Phi) is 5.15. The molecule has 0 radical (unpaired) electrons. The highest BCUT2D eigenvalue weighted by Crippen LogP contribution is 1.85. The molecule has 0 atom stereocenters. The van der Waals surface area contributed by atoms with Crippen molar-refractivity contribution in [3.05, 3.63) is 0 Å². The van der Waals surface area contributed by atoms with E-state index in [2.05, 4.69) is 14.7 Å². The second-order valence-electron chi connectivity index (χ2n) is 1.81. The molecule has 0 bridgehead atoms. The molecule has 0 amide bonds. The second-order valence-corrected chi connectivity index (χ2v) is 1.81. The molecule has 0 aromatic heterocycles. The summed E-state index contributed by atoms with van der Waals surface area (Å²) in [5.41, 5.74) is 0.244. The highest BCUT2D eigenvalue weighted by Gasteiger charge is 2.05. The summed E-state index contributed by atoms with van der Waals surface area (Å²) in [5, 5.41) is 3.50. The average molecular weight is 159 g/mol. The monoisotopic (exact) mass is 159 g/mol. The fourth-order valence-electron chi connectivity index (χ4n) is 0.434. The molecule has 0 N–H and O–H groups in total. The van der Waals surface area contributed by atoms with Gasteiger partial charge in [0.25, 0.3) is 0 Å². The Balaban J connectivity index is 3.80. The molecule has 0 saturated carbocycles. The Labute approximate surface area is 66.2 Å². The lowest BCUT2D eigenvalue weighted by atomic mass is 10.4. The maximum atomic E-state index is 10.8. The zero-order valence-corrected chi connectivity index (χ0v) is 7.09. The predicted molar refractivity (Wildman–Crippen MR) is 41.4 cm³/mol. The lowest BCUT2D eigenvalue weighted by Crippen LogP contribution is -2.14. The predicted octanol–water partition coefficient (Wildman–Crippen LogP) is 0.962. The third-order valence-corrected chi connectivity index (χ3v) is 0.901. The zero-order valence-electron chi connectivity index (χ0n) is 7.09. The molecule has 11 heavy (non-hydrogen) atoms. The molecule has 0 aromatic carbocycles. The molecule has 0 fully saturated rings. The Hall–Kier alpha value is -1.06. The van der Waals surface area contributed by atoms with Gasteiger partial charge in [0, 0.05) is 0 Å². The van der Waals surface area contributed by atoms with Gasteiger partial charge in [0.15, 0.2) is 5.71 Å². The molecule has 0 aromatic rings. The minimum absolute atomic E-state index is 0.244. The van der Waals surface area contributed by atoms with E-state index in [0.717, 1.165) is 0 Å². The van der Waals surface area contributed by atoms with E-state index in [9.17, 15) is 4.79 Å². The van der Waals surface area contributed by atoms with Crippen molar-refractivity contribution in [2.45, 2.75) is 20.8 Å². The van der Waals surface area contributed by atoms with E-state index in [4.69, 9.17) is 0 Å². The number of ether oxygens (including phenoxy) is 1. The van der Waals surface area contributed by atoms with Crippen LogP contribution in [-0.2, 0) is 14.4 Å². The summed E-state index contributed by atoms with van der Waals surface area (Å²) in [6.45, 7) is 5.90. The molecular weight excluding hydrogens is 146 g/mol. The van der Waals surface area contributed by atoms with Crippen LogP contribution in [0.1, 0.15) is 20.8 Å². The first-order valence-electron chi connectivity index (χ1n) is 3.56. The summed E-state index contributed by atoms with van der Waals surface area (Å²) in [5.74, 6) is -0.430. The van der Waals surface area contributed by atoms with Gasteiger partial charge in [-0.05, 0) is 20.8 Å². The van der Waals surface area contributed by atoms with Gasteiger partial charge in [-0.2, -0.15) is 0 Å². The number of carbonyl (C=O) groups excluding carboxylic acids is 1. The summed E-state index contributed by atoms with van der Waals surface area (Å²) in [6, 6.07) is 0. The smallest absolute Gasteiger partial charge is 0.355 e. The standard InChI is InChI=1S/C7H13NO3/c1-4-10-7(9)6(3)8-11-5-2/h4-5H2,1-3H3. The van der Waals surface area contributed by atoms with Gasteiger partial charge in [0.05, 0.1) is 6.61 Å². The maximum absolute atomic E-state index is 10.8. The first-order valence-corrected chi connectivity index (χ1v) is 3.56. The van der Waals surface area contributed by atoms with Crippen molar-refractivity contribution >= 4 is 11.7 Å². The zero-order chi connectivity index (χ0) is 8.69. The van der Waals surface area contributed by atoms with E-state index in [1.807, 2.05) is 0 Å². The van der Waals surface area contributed by atoms with Gasteiger partial charge >= 0.3 is 5.97 Å². The normalized spacial score (nSPS) is 11.0. The SMILES string of the molecule is CCON=C(C)C(=O)OCC. The Bertz CT molecular complexity index is 154. The molecule has 0 saturated heterocycles. The first-order chi connectivity index (χ1) is 5.22. The van der Waals surface area contributed by atoms with Crippen LogP contribution in [0, 0.1) is 0 Å². The molecule has 4 heteroatoms. The molecule has 0 aliphatic rings. The van der Waals surface area contributed by atoms with Crippen LogP contribution >= 0.6 is 0 Å². The largest absolute Gasteiger partial charge is 0.461 e. The van der Waals surface area contributed by atoms with Crippen LogP contribution in [0.15, 0.2) is 5.16 Å². The fraction of sp³-hybridized carbons (Fsp3) is 0.714. The van der Waals surface area contributed by atoms with Crippen LogP contribution in [-0.4, -0.2) is 24.9 Å². The third kappa shape index (κ3) is 4.36. The summed E-state index contributed by atoms with van der Waals surface area (Å²) in [7, 11) is 0. The Morgan fingerprint density at radius 3 is 2.45 bits per heavy atom. The summed E-state index contributed by atoms with van der Waals surface area (Å²) in [4.78, 5) is 15.5. The molecule has 4 nitrogen and oxygen atoms in total. The van der Waals surface area contributed by atoms with E-state index in [1.165, 1.54) is 0 Å². The number of hydrogen-bond donors (Lipinski definition) is 0. The molecule has 0 aliphatic heterocycles. The van der Waals surface area contributed by atoms with Crippen LogP contribution in [0.2, 0.25) is 0 Å². The minimum atomic E-state index is -0.430. The molecule has 0 rings (SSSR count). The van der Waals surface area contributed by atoms with Crippen LogP contribution in [0.5, 0.6) is 0 Å². The van der Waals surface area contributed by atoms with Gasteiger partial charge in [0.1, 0.15) is 6.61 Å². The van der Waals surface area contributed by atoms with Crippen LogP contribution < -0.4 is 0 Å². The summed E-state index contributed by atoms with van der Waals surface area (Å²) >= 11 is 0. The highest BCUT2D eigenvalue weighted by molar-refractivity contribution is 6.35. The van der Waals surface area contributed by atoms with Crippen molar-refractivity contribution in [1.29, 1.82) is 0 Å². The van der Waals surface area contributed by atoms with Gasteiger partial charge in [0.2, 0.25) is 0 Å². The number of nitrogens with zero attached hydrogens (tertiary/aromatic N) is 1. The van der Waals surface area contributed by atoms with Gasteiger partial charge in [-0.15, -0.1) is 0 Å². The van der Waals surface area contributed by atoms with Gasteiger partial charge in [-0.25, -0.2) is 4.79 Å². The number of esters is 1. The summed E-state index contributed by atoms with van der Waals surface area (Å²) in [6.07, 6.45) is 0. The molecule has 0 spiro atoms. The van der Waals surface area contributed by atoms with E-state index in [0.29, 0.717) is 13.2 Å². The van der Waals surface area contributed by atoms with Gasteiger partial charge in [-0.3, -0.25) is 0 Å². The molecule has 0 unspecified atom stereocenters. The molecule has 0 heterocycles. The van der Waals surface area contributed by atoms with E-state index in [1.54, 1.807) is 20.8 Å². The lowest BCUT2D eigenvalue weighted by molar-refractivity contribution is -0.135. The number of carbonyl (C=O) groups is 1. The topological polar surface area (TPSA) is 47.9 Å². The lowest BCUT2D eigenvalue weighted by Gasteiger charge is -1.99. The quantitative estimate of drug-likeness (QED) is 0.349. The second kappa shape index (κ2) is 5.70. The number of rotatable bonds is 4. The number of hydrogen-bond acceptors (Lipinski definition) is 4. The van der Waals surface area contributed by atoms with Crippen LogP contribution in [0.25, 0.3) is 0 Å². The first kappa shape index (κ1) is 9.94. The van der Waals surface area contributed by atoms with Crippen molar-refractivity contribution in [3.8, 4) is 0 Å². The highest BCUT2D eigenvalue weighted by atomic mass is 16.6. The summed E-state index contributed by atoms with van der Waals surface area (Å²) < 4.78 is 4.65. The average Bonchev–Trinajstić information content (AvgIpc) is 2.00. The van der Waals surface area contributed by atoms with Crippen molar-refractivity contribution in [2.24, 2.45) is 5.16 Å². The van der Waals surface area contributed by atoms with Crippen LogP contribution in [0.4, 0.5) is 0 Å². The van der Waals surface area contributed by atoms with Gasteiger partial charge in [-0.1, -0.05) is 5.16 Å². The van der Waals surface area contributed by atoms with Crippen molar-refractivity contribution in [2.75, 3.05) is 13.2 Å². The van der Waals surface area contributed by atoms with E-state index in [-0.39, 0.29) is 5.71 Å². The third-order valence-electron chi connectivity index (χ3n) is 0.901. The molecular formula is C7H13NO3. The minimum Gasteiger partial charge on any atom is -0.461 e. The maximum Gasteiger partial charge on any atom is 0.355 e. The number of oxime groups is 1. The van der Waals surface area contributed by atoms with E-state index < -0.39 is 5.97 Å².